The highest BCUT2D eigenvalue weighted by Crippen LogP contribution is 2.26. The average Bonchev–Trinajstić information content (AvgIpc) is 2.35. The molecule has 4 nitrogen and oxygen atoms in total. The molecule has 0 saturated carbocycles. The first-order valence-electron chi connectivity index (χ1n) is 5.87. The van der Waals surface area contributed by atoms with Crippen molar-refractivity contribution in [3.8, 4) is 5.75 Å². The minimum Gasteiger partial charge on any atom is -0.496 e. The molecule has 0 saturated heterocycles. The van der Waals surface area contributed by atoms with Crippen molar-refractivity contribution in [1.29, 1.82) is 0 Å². The largest absolute Gasteiger partial charge is 0.496 e. The molecular formula is C13H16F3NO3. The van der Waals surface area contributed by atoms with E-state index in [-0.39, 0.29) is 0 Å². The molecule has 1 atom stereocenters. The van der Waals surface area contributed by atoms with Gasteiger partial charge in [-0.25, -0.2) is 4.79 Å². The van der Waals surface area contributed by atoms with Gasteiger partial charge in [-0.1, -0.05) is 17.7 Å². The van der Waals surface area contributed by atoms with Crippen LogP contribution < -0.4 is 10.1 Å². The Hall–Kier alpha value is -1.92. The minimum atomic E-state index is -4.54. The number of amides is 1. The number of carbonyl (C=O) groups excluding carboxylic acids is 1. The van der Waals surface area contributed by atoms with Crippen LogP contribution in [0.4, 0.5) is 18.0 Å². The van der Waals surface area contributed by atoms with Gasteiger partial charge in [0.15, 0.2) is 6.61 Å². The number of carbonyl (C=O) groups is 1. The molecule has 0 spiro atoms. The Morgan fingerprint density at radius 2 is 2.05 bits per heavy atom. The van der Waals surface area contributed by atoms with E-state index < -0.39 is 24.9 Å². The topological polar surface area (TPSA) is 47.6 Å². The second kappa shape index (κ2) is 6.49. The number of aryl methyl sites for hydroxylation is 1. The highest BCUT2D eigenvalue weighted by molar-refractivity contribution is 5.68. The molecule has 112 valence electrons. The van der Waals surface area contributed by atoms with Crippen LogP contribution in [0, 0.1) is 6.92 Å². The first-order chi connectivity index (χ1) is 9.23. The Kier molecular flexibility index (Phi) is 5.24. The third-order valence-corrected chi connectivity index (χ3v) is 2.55. The maximum absolute atomic E-state index is 11.9. The molecular weight excluding hydrogens is 275 g/mol. The van der Waals surface area contributed by atoms with Crippen molar-refractivity contribution in [3.05, 3.63) is 29.3 Å². The van der Waals surface area contributed by atoms with Crippen LogP contribution in [-0.4, -0.2) is 26.0 Å². The van der Waals surface area contributed by atoms with Crippen LogP contribution >= 0.6 is 0 Å². The van der Waals surface area contributed by atoms with Crippen LogP contribution in [-0.2, 0) is 4.74 Å². The summed E-state index contributed by atoms with van der Waals surface area (Å²) >= 11 is 0. The van der Waals surface area contributed by atoms with Gasteiger partial charge in [0.05, 0.1) is 13.2 Å². The lowest BCUT2D eigenvalue weighted by atomic mass is 10.0. The number of benzene rings is 1. The van der Waals surface area contributed by atoms with Crippen LogP contribution in [0.1, 0.15) is 24.1 Å². The molecule has 1 unspecified atom stereocenters. The second-order valence-corrected chi connectivity index (χ2v) is 4.30. The number of methoxy groups -OCH3 is 1. The van der Waals surface area contributed by atoms with Crippen LogP contribution in [0.25, 0.3) is 0 Å². The molecule has 1 rings (SSSR count). The van der Waals surface area contributed by atoms with Crippen molar-refractivity contribution in [3.63, 3.8) is 0 Å². The Morgan fingerprint density at radius 1 is 1.40 bits per heavy atom. The van der Waals surface area contributed by atoms with Gasteiger partial charge in [-0.05, 0) is 19.9 Å². The molecule has 20 heavy (non-hydrogen) atoms. The zero-order valence-electron chi connectivity index (χ0n) is 11.4. The molecule has 0 aliphatic heterocycles. The van der Waals surface area contributed by atoms with Gasteiger partial charge in [-0.2, -0.15) is 13.2 Å². The summed E-state index contributed by atoms with van der Waals surface area (Å²) in [4.78, 5) is 11.3. The van der Waals surface area contributed by atoms with Gasteiger partial charge in [0.1, 0.15) is 5.75 Å². The van der Waals surface area contributed by atoms with Crippen molar-refractivity contribution in [2.24, 2.45) is 0 Å². The van der Waals surface area contributed by atoms with Gasteiger partial charge in [0.2, 0.25) is 0 Å². The smallest absolute Gasteiger partial charge is 0.422 e. The molecule has 0 aromatic heterocycles. The van der Waals surface area contributed by atoms with Gasteiger partial charge in [0.25, 0.3) is 0 Å². The summed E-state index contributed by atoms with van der Waals surface area (Å²) in [7, 11) is 1.48. The summed E-state index contributed by atoms with van der Waals surface area (Å²) in [6, 6.07) is 4.81. The molecule has 0 bridgehead atoms. The van der Waals surface area contributed by atoms with Gasteiger partial charge in [-0.15, -0.1) is 0 Å². The summed E-state index contributed by atoms with van der Waals surface area (Å²) in [5.74, 6) is 0.541. The van der Waals surface area contributed by atoms with Gasteiger partial charge < -0.3 is 14.8 Å². The lowest BCUT2D eigenvalue weighted by Gasteiger charge is -2.18. The normalized spacial score (nSPS) is 12.7. The fraction of sp³-hybridized carbons (Fsp3) is 0.462. The van der Waals surface area contributed by atoms with Crippen molar-refractivity contribution >= 4 is 6.09 Å². The quantitative estimate of drug-likeness (QED) is 0.925. The maximum atomic E-state index is 11.9. The van der Waals surface area contributed by atoms with E-state index in [1.165, 1.54) is 7.11 Å². The molecule has 0 heterocycles. The molecule has 0 aliphatic rings. The first kappa shape index (κ1) is 16.1. The van der Waals surface area contributed by atoms with E-state index in [0.717, 1.165) is 5.56 Å². The van der Waals surface area contributed by atoms with Gasteiger partial charge in [-0.3, -0.25) is 0 Å². The average molecular weight is 291 g/mol. The minimum absolute atomic E-state index is 0.536. The van der Waals surface area contributed by atoms with E-state index >= 15 is 0 Å². The molecule has 7 heteroatoms. The van der Waals surface area contributed by atoms with Crippen LogP contribution in [0.2, 0.25) is 0 Å². The summed E-state index contributed by atoms with van der Waals surface area (Å²) in [5.41, 5.74) is 1.61. The Morgan fingerprint density at radius 3 is 2.60 bits per heavy atom. The molecule has 1 amide bonds. The lowest BCUT2D eigenvalue weighted by Crippen LogP contribution is -2.31. The number of hydrogen-bond donors (Lipinski definition) is 1. The monoisotopic (exact) mass is 291 g/mol. The first-order valence-corrected chi connectivity index (χ1v) is 5.87. The lowest BCUT2D eigenvalue weighted by molar-refractivity contribution is -0.160. The van der Waals surface area contributed by atoms with Crippen molar-refractivity contribution in [2.75, 3.05) is 13.7 Å². The van der Waals surface area contributed by atoms with Crippen LogP contribution in [0.15, 0.2) is 18.2 Å². The summed E-state index contributed by atoms with van der Waals surface area (Å²) in [5, 5.41) is 2.33. The zero-order chi connectivity index (χ0) is 15.3. The SMILES string of the molecule is COc1ccc(C)cc1C(C)NC(=O)OCC(F)(F)F. The summed E-state index contributed by atoms with van der Waals surface area (Å²) < 4.78 is 45.0. The fourth-order valence-electron chi connectivity index (χ4n) is 1.64. The highest BCUT2D eigenvalue weighted by Gasteiger charge is 2.30. The third-order valence-electron chi connectivity index (χ3n) is 2.55. The van der Waals surface area contributed by atoms with E-state index in [1.54, 1.807) is 19.1 Å². The third kappa shape index (κ3) is 4.99. The predicted octanol–water partition coefficient (Wildman–Crippen LogP) is 3.35. The second-order valence-electron chi connectivity index (χ2n) is 4.30. The van der Waals surface area contributed by atoms with Gasteiger partial charge in [0, 0.05) is 5.56 Å². The standard InChI is InChI=1S/C13H16F3NO3/c1-8-4-5-11(19-3)10(6-8)9(2)17-12(18)20-7-13(14,15)16/h4-6,9H,7H2,1-3H3,(H,17,18). The van der Waals surface area contributed by atoms with Crippen LogP contribution in [0.3, 0.4) is 0 Å². The van der Waals surface area contributed by atoms with E-state index in [9.17, 15) is 18.0 Å². The number of alkyl halides is 3. The Labute approximate surface area is 114 Å². The number of hydrogen-bond acceptors (Lipinski definition) is 3. The molecule has 0 aliphatic carbocycles. The summed E-state index contributed by atoms with van der Waals surface area (Å²) in [6.07, 6.45) is -5.67. The number of nitrogens with one attached hydrogen (secondary N) is 1. The fourth-order valence-corrected chi connectivity index (χ4v) is 1.64. The van der Waals surface area contributed by atoms with Crippen molar-refractivity contribution in [1.82, 2.24) is 5.32 Å². The van der Waals surface area contributed by atoms with Crippen LogP contribution in [0.5, 0.6) is 5.75 Å². The highest BCUT2D eigenvalue weighted by atomic mass is 19.4. The van der Waals surface area contributed by atoms with Crippen molar-refractivity contribution < 1.29 is 27.4 Å². The Bertz CT molecular complexity index is 474. The predicted molar refractivity (Wildman–Crippen MR) is 66.7 cm³/mol. The van der Waals surface area contributed by atoms with E-state index in [4.69, 9.17) is 4.74 Å². The molecule has 0 radical (unpaired) electrons. The zero-order valence-corrected chi connectivity index (χ0v) is 11.4. The number of ether oxygens (including phenoxy) is 2. The molecule has 1 aromatic rings. The maximum Gasteiger partial charge on any atom is 0.422 e. The number of alkyl carbamates (subject to hydrolysis) is 1. The molecule has 1 N–H and O–H groups in total. The van der Waals surface area contributed by atoms with E-state index in [1.807, 2.05) is 13.0 Å². The summed E-state index contributed by atoms with van der Waals surface area (Å²) in [6.45, 7) is 1.88. The molecule has 0 fully saturated rings. The van der Waals surface area contributed by atoms with E-state index in [2.05, 4.69) is 10.1 Å². The van der Waals surface area contributed by atoms with Crippen molar-refractivity contribution in [2.45, 2.75) is 26.1 Å². The molecule has 1 aromatic carbocycles. The number of rotatable bonds is 4. The van der Waals surface area contributed by atoms with Gasteiger partial charge >= 0.3 is 12.3 Å². The van der Waals surface area contributed by atoms with E-state index in [0.29, 0.717) is 11.3 Å². The number of halogens is 3. The Balaban J connectivity index is 2.69.